The van der Waals surface area contributed by atoms with Gasteiger partial charge in [-0.15, -0.1) is 0 Å². The number of likely N-dealkylation sites (N-methyl/N-ethyl adjacent to an activating group) is 1. The quantitative estimate of drug-likeness (QED) is 0.787. The van der Waals surface area contributed by atoms with Crippen molar-refractivity contribution in [1.82, 2.24) is 4.31 Å². The van der Waals surface area contributed by atoms with E-state index in [0.717, 1.165) is 0 Å². The highest BCUT2D eigenvalue weighted by atomic mass is 79.9. The van der Waals surface area contributed by atoms with Crippen molar-refractivity contribution in [2.45, 2.75) is 17.9 Å². The van der Waals surface area contributed by atoms with Crippen molar-refractivity contribution in [3.05, 3.63) is 22.7 Å². The zero-order valence-electron chi connectivity index (χ0n) is 11.4. The SMILES string of the molecule is COc1ccc(S(=O)(=O)N(C)CC(C)OC)cc1Br. The number of methoxy groups -OCH3 is 2. The van der Waals surface area contributed by atoms with Crippen LogP contribution in [0, 0.1) is 0 Å². The maximum absolute atomic E-state index is 12.3. The van der Waals surface area contributed by atoms with E-state index in [9.17, 15) is 8.42 Å². The van der Waals surface area contributed by atoms with Gasteiger partial charge in [0.2, 0.25) is 10.0 Å². The van der Waals surface area contributed by atoms with Crippen molar-refractivity contribution in [2.75, 3.05) is 27.8 Å². The Hall–Kier alpha value is -0.630. The molecule has 1 atom stereocenters. The van der Waals surface area contributed by atoms with Gasteiger partial charge in [0, 0.05) is 20.7 Å². The summed E-state index contributed by atoms with van der Waals surface area (Å²) >= 11 is 3.28. The molecule has 5 nitrogen and oxygen atoms in total. The highest BCUT2D eigenvalue weighted by molar-refractivity contribution is 9.10. The molecule has 0 aliphatic carbocycles. The molecule has 0 spiro atoms. The fraction of sp³-hybridized carbons (Fsp3) is 0.500. The van der Waals surface area contributed by atoms with Gasteiger partial charge in [-0.25, -0.2) is 8.42 Å². The van der Waals surface area contributed by atoms with Gasteiger partial charge in [0.05, 0.1) is 22.6 Å². The van der Waals surface area contributed by atoms with Crippen molar-refractivity contribution in [3.8, 4) is 5.75 Å². The van der Waals surface area contributed by atoms with E-state index in [1.165, 1.54) is 30.6 Å². The molecule has 0 N–H and O–H groups in total. The third-order valence-electron chi connectivity index (χ3n) is 2.75. The summed E-state index contributed by atoms with van der Waals surface area (Å²) in [4.78, 5) is 0.214. The van der Waals surface area contributed by atoms with Gasteiger partial charge in [0.25, 0.3) is 0 Å². The summed E-state index contributed by atoms with van der Waals surface area (Å²) in [5, 5.41) is 0. The molecule has 7 heteroatoms. The third-order valence-corrected chi connectivity index (χ3v) is 5.19. The van der Waals surface area contributed by atoms with Crippen LogP contribution < -0.4 is 4.74 Å². The second kappa shape index (κ2) is 6.69. The van der Waals surface area contributed by atoms with Gasteiger partial charge in [0.15, 0.2) is 0 Å². The lowest BCUT2D eigenvalue weighted by molar-refractivity contribution is 0.104. The Bertz CT molecular complexity index is 533. The summed E-state index contributed by atoms with van der Waals surface area (Å²) in [5.41, 5.74) is 0. The summed E-state index contributed by atoms with van der Waals surface area (Å²) in [6.07, 6.45) is -0.165. The first-order chi connectivity index (χ1) is 8.82. The van der Waals surface area contributed by atoms with Gasteiger partial charge in [-0.05, 0) is 41.1 Å². The molecule has 0 heterocycles. The summed E-state index contributed by atoms with van der Waals surface area (Å²) in [5.74, 6) is 0.590. The van der Waals surface area contributed by atoms with Crippen molar-refractivity contribution in [1.29, 1.82) is 0 Å². The smallest absolute Gasteiger partial charge is 0.242 e. The van der Waals surface area contributed by atoms with Crippen LogP contribution in [0.4, 0.5) is 0 Å². The summed E-state index contributed by atoms with van der Waals surface area (Å²) in [7, 11) is 1.09. The van der Waals surface area contributed by atoms with E-state index in [1.54, 1.807) is 13.2 Å². The van der Waals surface area contributed by atoms with Gasteiger partial charge in [0.1, 0.15) is 5.75 Å². The van der Waals surface area contributed by atoms with Crippen LogP contribution in [0.25, 0.3) is 0 Å². The number of hydrogen-bond donors (Lipinski definition) is 0. The molecule has 1 aromatic rings. The molecule has 0 fully saturated rings. The molecule has 0 radical (unpaired) electrons. The van der Waals surface area contributed by atoms with Gasteiger partial charge >= 0.3 is 0 Å². The van der Waals surface area contributed by atoms with Crippen molar-refractivity contribution in [2.24, 2.45) is 0 Å². The molecule has 0 aliphatic heterocycles. The Morgan fingerprint density at radius 1 is 1.37 bits per heavy atom. The zero-order valence-corrected chi connectivity index (χ0v) is 13.8. The average Bonchev–Trinajstić information content (AvgIpc) is 2.38. The number of rotatable bonds is 6. The summed E-state index contributed by atoms with van der Waals surface area (Å²) in [6.45, 7) is 2.11. The lowest BCUT2D eigenvalue weighted by Gasteiger charge is -2.20. The molecule has 0 aromatic heterocycles. The van der Waals surface area contributed by atoms with Crippen molar-refractivity contribution < 1.29 is 17.9 Å². The first-order valence-corrected chi connectivity index (χ1v) is 7.89. The Balaban J connectivity index is 3.03. The molecule has 1 unspecified atom stereocenters. The lowest BCUT2D eigenvalue weighted by Crippen LogP contribution is -2.33. The number of nitrogens with zero attached hydrogens (tertiary/aromatic N) is 1. The Morgan fingerprint density at radius 3 is 2.47 bits per heavy atom. The van der Waals surface area contributed by atoms with Crippen LogP contribution >= 0.6 is 15.9 Å². The van der Waals surface area contributed by atoms with Crippen LogP contribution in [0.3, 0.4) is 0 Å². The average molecular weight is 352 g/mol. The van der Waals surface area contributed by atoms with E-state index in [1.807, 2.05) is 6.92 Å². The lowest BCUT2D eigenvalue weighted by atomic mass is 10.3. The van der Waals surface area contributed by atoms with Gasteiger partial charge in [-0.2, -0.15) is 4.31 Å². The minimum atomic E-state index is -3.52. The predicted octanol–water partition coefficient (Wildman–Crippen LogP) is 2.11. The van der Waals surface area contributed by atoms with Crippen LogP contribution in [0.5, 0.6) is 5.75 Å². The fourth-order valence-electron chi connectivity index (χ4n) is 1.52. The molecule has 0 bridgehead atoms. The summed E-state index contributed by atoms with van der Waals surface area (Å²) in [6, 6.07) is 4.67. The van der Waals surface area contributed by atoms with Crippen molar-refractivity contribution in [3.63, 3.8) is 0 Å². The minimum absolute atomic E-state index is 0.165. The molecule has 108 valence electrons. The second-order valence-corrected chi connectivity index (χ2v) is 7.03. The first kappa shape index (κ1) is 16.4. The fourth-order valence-corrected chi connectivity index (χ4v) is 3.49. The third kappa shape index (κ3) is 3.92. The second-order valence-electron chi connectivity index (χ2n) is 4.13. The van der Waals surface area contributed by atoms with Crippen LogP contribution in [-0.4, -0.2) is 46.6 Å². The largest absolute Gasteiger partial charge is 0.496 e. The molecule has 0 saturated carbocycles. The van der Waals surface area contributed by atoms with E-state index in [4.69, 9.17) is 9.47 Å². The molecular formula is C12H18BrNO4S. The minimum Gasteiger partial charge on any atom is -0.496 e. The predicted molar refractivity (Wildman–Crippen MR) is 77.0 cm³/mol. The first-order valence-electron chi connectivity index (χ1n) is 5.65. The maximum Gasteiger partial charge on any atom is 0.242 e. The summed E-state index contributed by atoms with van der Waals surface area (Å²) < 4.78 is 36.7. The van der Waals surface area contributed by atoms with Crippen LogP contribution in [0.1, 0.15) is 6.92 Å². The normalized spacial score (nSPS) is 13.6. The molecule has 0 aliphatic rings. The number of sulfonamides is 1. The van der Waals surface area contributed by atoms with Crippen LogP contribution in [0.15, 0.2) is 27.6 Å². The molecule has 19 heavy (non-hydrogen) atoms. The van der Waals surface area contributed by atoms with E-state index >= 15 is 0 Å². The zero-order chi connectivity index (χ0) is 14.6. The number of hydrogen-bond acceptors (Lipinski definition) is 4. The monoisotopic (exact) mass is 351 g/mol. The Kier molecular flexibility index (Phi) is 5.79. The Labute approximate surface area is 122 Å². The van der Waals surface area contributed by atoms with Gasteiger partial charge < -0.3 is 9.47 Å². The number of benzene rings is 1. The van der Waals surface area contributed by atoms with E-state index in [2.05, 4.69) is 15.9 Å². The molecule has 1 rings (SSSR count). The van der Waals surface area contributed by atoms with Crippen LogP contribution in [0.2, 0.25) is 0 Å². The highest BCUT2D eigenvalue weighted by Gasteiger charge is 2.23. The van der Waals surface area contributed by atoms with Gasteiger partial charge in [-0.1, -0.05) is 0 Å². The van der Waals surface area contributed by atoms with Gasteiger partial charge in [-0.3, -0.25) is 0 Å². The molecule has 0 amide bonds. The highest BCUT2D eigenvalue weighted by Crippen LogP contribution is 2.28. The molecular weight excluding hydrogens is 334 g/mol. The number of halogens is 1. The van der Waals surface area contributed by atoms with E-state index in [-0.39, 0.29) is 11.0 Å². The maximum atomic E-state index is 12.3. The standard InChI is InChI=1S/C12H18BrNO4S/c1-9(17-3)8-14(2)19(15,16)10-5-6-12(18-4)11(13)7-10/h5-7,9H,8H2,1-4H3. The number of ether oxygens (including phenoxy) is 2. The van der Waals surface area contributed by atoms with E-state index < -0.39 is 10.0 Å². The molecule has 1 aromatic carbocycles. The van der Waals surface area contributed by atoms with Crippen LogP contribution in [-0.2, 0) is 14.8 Å². The van der Waals surface area contributed by atoms with Crippen molar-refractivity contribution >= 4 is 26.0 Å². The van der Waals surface area contributed by atoms with E-state index in [0.29, 0.717) is 16.8 Å². The molecule has 0 saturated heterocycles. The Morgan fingerprint density at radius 2 is 2.00 bits per heavy atom. The topological polar surface area (TPSA) is 55.8 Å².